The second-order valence-electron chi connectivity index (χ2n) is 5.92. The smallest absolute Gasteiger partial charge is 0.407 e. The molecule has 0 unspecified atom stereocenters. The average molecular weight is 323 g/mol. The van der Waals surface area contributed by atoms with E-state index in [4.69, 9.17) is 14.2 Å². The summed E-state index contributed by atoms with van der Waals surface area (Å²) in [7, 11) is 0. The van der Waals surface area contributed by atoms with Crippen molar-refractivity contribution in [1.82, 2.24) is 5.32 Å². The predicted octanol–water partition coefficient (Wildman–Crippen LogP) is 2.70. The molecule has 0 aliphatic carbocycles. The van der Waals surface area contributed by atoms with E-state index in [1.807, 2.05) is 32.9 Å². The summed E-state index contributed by atoms with van der Waals surface area (Å²) >= 11 is 0. The maximum absolute atomic E-state index is 11.5. The first kappa shape index (κ1) is 18.8. The van der Waals surface area contributed by atoms with E-state index in [0.717, 1.165) is 5.56 Å². The van der Waals surface area contributed by atoms with Crippen molar-refractivity contribution < 1.29 is 23.8 Å². The van der Waals surface area contributed by atoms with Crippen LogP contribution in [0.25, 0.3) is 0 Å². The number of ether oxygens (including phenoxy) is 3. The molecule has 0 saturated heterocycles. The van der Waals surface area contributed by atoms with Crippen LogP contribution in [0.3, 0.4) is 0 Å². The monoisotopic (exact) mass is 323 g/mol. The summed E-state index contributed by atoms with van der Waals surface area (Å²) in [6.45, 7) is 7.93. The molecule has 128 valence electrons. The highest BCUT2D eigenvalue weighted by Gasteiger charge is 2.15. The summed E-state index contributed by atoms with van der Waals surface area (Å²) < 4.78 is 15.2. The standard InChI is InChI=1S/C17H25NO5/c1-5-21-15(19)12-22-14-8-6-13(7-9-14)10-11-18-16(20)23-17(2,3)4/h6-9H,5,10-12H2,1-4H3,(H,18,20). The first-order chi connectivity index (χ1) is 10.8. The molecule has 0 bridgehead atoms. The topological polar surface area (TPSA) is 73.9 Å². The summed E-state index contributed by atoms with van der Waals surface area (Å²) in [5.41, 5.74) is 0.548. The van der Waals surface area contributed by atoms with E-state index in [9.17, 15) is 9.59 Å². The Morgan fingerprint density at radius 2 is 1.78 bits per heavy atom. The number of rotatable bonds is 7. The number of hydrogen-bond acceptors (Lipinski definition) is 5. The van der Waals surface area contributed by atoms with Crippen molar-refractivity contribution in [1.29, 1.82) is 0 Å². The van der Waals surface area contributed by atoms with E-state index in [2.05, 4.69) is 5.32 Å². The SMILES string of the molecule is CCOC(=O)COc1ccc(CCNC(=O)OC(C)(C)C)cc1. The summed E-state index contributed by atoms with van der Waals surface area (Å²) in [5.74, 6) is 0.208. The Morgan fingerprint density at radius 3 is 2.35 bits per heavy atom. The van der Waals surface area contributed by atoms with Gasteiger partial charge in [0, 0.05) is 6.54 Å². The first-order valence-electron chi connectivity index (χ1n) is 7.64. The molecule has 6 nitrogen and oxygen atoms in total. The highest BCUT2D eigenvalue weighted by molar-refractivity contribution is 5.71. The Hall–Kier alpha value is -2.24. The fraction of sp³-hybridized carbons (Fsp3) is 0.529. The third-order valence-electron chi connectivity index (χ3n) is 2.67. The lowest BCUT2D eigenvalue weighted by Gasteiger charge is -2.19. The van der Waals surface area contributed by atoms with Gasteiger partial charge in [-0.3, -0.25) is 0 Å². The van der Waals surface area contributed by atoms with Gasteiger partial charge in [-0.05, 0) is 51.8 Å². The van der Waals surface area contributed by atoms with E-state index < -0.39 is 17.7 Å². The van der Waals surface area contributed by atoms with Crippen LogP contribution in [-0.2, 0) is 20.7 Å². The van der Waals surface area contributed by atoms with Crippen LogP contribution in [0.2, 0.25) is 0 Å². The van der Waals surface area contributed by atoms with Crippen LogP contribution >= 0.6 is 0 Å². The molecule has 1 amide bonds. The number of esters is 1. The van der Waals surface area contributed by atoms with Crippen LogP contribution in [0.5, 0.6) is 5.75 Å². The van der Waals surface area contributed by atoms with E-state index >= 15 is 0 Å². The number of hydrogen-bond donors (Lipinski definition) is 1. The fourth-order valence-electron chi connectivity index (χ4n) is 1.72. The first-order valence-corrected chi connectivity index (χ1v) is 7.64. The van der Waals surface area contributed by atoms with Crippen molar-refractivity contribution in [2.75, 3.05) is 19.8 Å². The molecule has 0 aliphatic heterocycles. The summed E-state index contributed by atoms with van der Waals surface area (Å²) in [4.78, 5) is 22.7. The second-order valence-corrected chi connectivity index (χ2v) is 5.92. The van der Waals surface area contributed by atoms with E-state index in [1.165, 1.54) is 0 Å². The Labute approximate surface area is 137 Å². The zero-order valence-electron chi connectivity index (χ0n) is 14.2. The summed E-state index contributed by atoms with van der Waals surface area (Å²) in [6, 6.07) is 7.33. The molecule has 0 radical (unpaired) electrons. The highest BCUT2D eigenvalue weighted by Crippen LogP contribution is 2.12. The third kappa shape index (κ3) is 8.70. The number of alkyl carbamates (subject to hydrolysis) is 1. The summed E-state index contributed by atoms with van der Waals surface area (Å²) in [6.07, 6.45) is 0.254. The molecule has 0 fully saturated rings. The maximum Gasteiger partial charge on any atom is 0.407 e. The average Bonchev–Trinajstić information content (AvgIpc) is 2.45. The molecule has 1 aromatic rings. The molecule has 1 rings (SSSR count). The summed E-state index contributed by atoms with van der Waals surface area (Å²) in [5, 5.41) is 2.70. The van der Waals surface area contributed by atoms with Gasteiger partial charge in [-0.25, -0.2) is 9.59 Å². The van der Waals surface area contributed by atoms with Crippen molar-refractivity contribution in [3.05, 3.63) is 29.8 Å². The molecule has 1 N–H and O–H groups in total. The third-order valence-corrected chi connectivity index (χ3v) is 2.67. The zero-order valence-corrected chi connectivity index (χ0v) is 14.2. The van der Waals surface area contributed by atoms with Crippen molar-refractivity contribution >= 4 is 12.1 Å². The van der Waals surface area contributed by atoms with Crippen molar-refractivity contribution in [3.63, 3.8) is 0 Å². The van der Waals surface area contributed by atoms with Gasteiger partial charge in [0.1, 0.15) is 11.4 Å². The molecule has 1 aromatic carbocycles. The normalized spacial score (nSPS) is 10.8. The Balaban J connectivity index is 2.31. The molecule has 0 aromatic heterocycles. The second kappa shape index (κ2) is 9.02. The van der Waals surface area contributed by atoms with E-state index in [0.29, 0.717) is 25.3 Å². The van der Waals surface area contributed by atoms with Crippen LogP contribution in [0.4, 0.5) is 4.79 Å². The lowest BCUT2D eigenvalue weighted by atomic mass is 10.1. The van der Waals surface area contributed by atoms with Gasteiger partial charge < -0.3 is 19.5 Å². The number of carbonyl (C=O) groups excluding carboxylic acids is 2. The van der Waals surface area contributed by atoms with Crippen LogP contribution in [0, 0.1) is 0 Å². The Kier molecular flexibility index (Phi) is 7.38. The molecule has 6 heteroatoms. The van der Waals surface area contributed by atoms with Crippen LogP contribution in [0.15, 0.2) is 24.3 Å². The van der Waals surface area contributed by atoms with Crippen molar-refractivity contribution in [3.8, 4) is 5.75 Å². The minimum atomic E-state index is -0.498. The Bertz CT molecular complexity index is 505. The molecule has 0 spiro atoms. The van der Waals surface area contributed by atoms with E-state index in [1.54, 1.807) is 19.1 Å². The van der Waals surface area contributed by atoms with Crippen LogP contribution in [-0.4, -0.2) is 37.4 Å². The molecule has 0 atom stereocenters. The van der Waals surface area contributed by atoms with E-state index in [-0.39, 0.29) is 6.61 Å². The lowest BCUT2D eigenvalue weighted by molar-refractivity contribution is -0.145. The maximum atomic E-state index is 11.5. The highest BCUT2D eigenvalue weighted by atomic mass is 16.6. The van der Waals surface area contributed by atoms with Gasteiger partial charge >= 0.3 is 12.1 Å². The van der Waals surface area contributed by atoms with Crippen LogP contribution in [0.1, 0.15) is 33.3 Å². The Morgan fingerprint density at radius 1 is 1.13 bits per heavy atom. The molecular formula is C17H25NO5. The van der Waals surface area contributed by atoms with Gasteiger partial charge in [0.25, 0.3) is 0 Å². The van der Waals surface area contributed by atoms with Crippen LogP contribution < -0.4 is 10.1 Å². The largest absolute Gasteiger partial charge is 0.482 e. The van der Waals surface area contributed by atoms with Gasteiger partial charge in [-0.1, -0.05) is 12.1 Å². The number of carbonyl (C=O) groups is 2. The zero-order chi connectivity index (χ0) is 17.3. The van der Waals surface area contributed by atoms with Gasteiger partial charge in [0.2, 0.25) is 0 Å². The minimum Gasteiger partial charge on any atom is -0.482 e. The minimum absolute atomic E-state index is 0.104. The number of benzene rings is 1. The van der Waals surface area contributed by atoms with Gasteiger partial charge in [-0.2, -0.15) is 0 Å². The van der Waals surface area contributed by atoms with Crippen molar-refractivity contribution in [2.24, 2.45) is 0 Å². The molecule has 0 heterocycles. The van der Waals surface area contributed by atoms with Crippen molar-refractivity contribution in [2.45, 2.75) is 39.7 Å². The molecule has 0 saturated carbocycles. The van der Waals surface area contributed by atoms with Gasteiger partial charge in [0.15, 0.2) is 6.61 Å². The number of amides is 1. The molecule has 23 heavy (non-hydrogen) atoms. The molecule has 0 aliphatic rings. The number of nitrogens with one attached hydrogen (secondary N) is 1. The predicted molar refractivity (Wildman–Crippen MR) is 86.5 cm³/mol. The lowest BCUT2D eigenvalue weighted by Crippen LogP contribution is -2.33. The molecular weight excluding hydrogens is 298 g/mol. The van der Waals surface area contributed by atoms with Gasteiger partial charge in [-0.15, -0.1) is 0 Å². The quantitative estimate of drug-likeness (QED) is 0.781. The fourth-order valence-corrected chi connectivity index (χ4v) is 1.72. The van der Waals surface area contributed by atoms with Gasteiger partial charge in [0.05, 0.1) is 6.61 Å².